The molecule has 0 spiro atoms. The number of unbranched alkanes of at least 4 members (excludes halogenated alkanes) is 1. The molecule has 1 amide bonds. The number of fused-ring (bicyclic) bond motifs is 1. The van der Waals surface area contributed by atoms with Crippen LogP contribution in [-0.2, 0) is 11.3 Å². The van der Waals surface area contributed by atoms with Crippen molar-refractivity contribution in [1.82, 2.24) is 4.90 Å². The summed E-state index contributed by atoms with van der Waals surface area (Å²) in [5.74, 6) is -0.0542. The van der Waals surface area contributed by atoms with Crippen LogP contribution in [0.15, 0.2) is 36.4 Å². The number of carbonyl (C=O) groups excluding carboxylic acids is 1. The summed E-state index contributed by atoms with van der Waals surface area (Å²) in [4.78, 5) is 14.7. The molecule has 5 nitrogen and oxygen atoms in total. The maximum absolute atomic E-state index is 12.4. The van der Waals surface area contributed by atoms with Gasteiger partial charge in [-0.05, 0) is 67.4 Å². The number of hydrogen-bond acceptors (Lipinski definition) is 4. The first kappa shape index (κ1) is 22.1. The van der Waals surface area contributed by atoms with Crippen LogP contribution in [0.1, 0.15) is 41.9 Å². The summed E-state index contributed by atoms with van der Waals surface area (Å²) in [5, 5.41) is 4.27. The Hall–Kier alpha value is -1.63. The highest BCUT2D eigenvalue weighted by molar-refractivity contribution is 6.35. The highest BCUT2D eigenvalue weighted by atomic mass is 35.5. The predicted octanol–water partition coefficient (Wildman–Crippen LogP) is 3.97. The second-order valence-corrected chi connectivity index (χ2v) is 8.55. The molecule has 156 valence electrons. The fourth-order valence-corrected chi connectivity index (χ4v) is 4.41. The molecule has 0 aromatic heterocycles. The minimum Gasteiger partial charge on any atom is -0.330 e. The van der Waals surface area contributed by atoms with Gasteiger partial charge in [0.05, 0.1) is 6.04 Å². The molecular weight excluding hydrogens is 407 g/mol. The number of nitrogens with zero attached hydrogens (tertiary/aromatic N) is 1. The third-order valence-electron chi connectivity index (χ3n) is 5.36. The lowest BCUT2D eigenvalue weighted by molar-refractivity contribution is -0.117. The van der Waals surface area contributed by atoms with Gasteiger partial charge in [-0.25, -0.2) is 0 Å². The molecule has 1 heterocycles. The van der Waals surface area contributed by atoms with E-state index in [9.17, 15) is 4.79 Å². The van der Waals surface area contributed by atoms with E-state index in [2.05, 4.69) is 23.3 Å². The first-order valence-electron chi connectivity index (χ1n) is 9.92. The molecular formula is C22H28Cl2N4O. The van der Waals surface area contributed by atoms with Crippen LogP contribution in [0.5, 0.6) is 0 Å². The van der Waals surface area contributed by atoms with Crippen LogP contribution in [0.4, 0.5) is 5.69 Å². The van der Waals surface area contributed by atoms with Crippen LogP contribution in [0, 0.1) is 0 Å². The van der Waals surface area contributed by atoms with E-state index >= 15 is 0 Å². The largest absolute Gasteiger partial charge is 0.330 e. The maximum atomic E-state index is 12.4. The lowest BCUT2D eigenvalue weighted by atomic mass is 9.84. The molecule has 0 aliphatic carbocycles. The lowest BCUT2D eigenvalue weighted by Gasteiger charge is -2.33. The number of halogens is 2. The molecule has 2 aromatic rings. The molecule has 2 unspecified atom stereocenters. The summed E-state index contributed by atoms with van der Waals surface area (Å²) >= 11 is 12.7. The van der Waals surface area contributed by atoms with Gasteiger partial charge in [-0.1, -0.05) is 41.8 Å². The van der Waals surface area contributed by atoms with Gasteiger partial charge in [0, 0.05) is 34.7 Å². The Morgan fingerprint density at radius 3 is 2.83 bits per heavy atom. The van der Waals surface area contributed by atoms with Crippen molar-refractivity contribution < 1.29 is 4.79 Å². The first-order chi connectivity index (χ1) is 13.9. The van der Waals surface area contributed by atoms with Crippen molar-refractivity contribution in [1.29, 1.82) is 0 Å². The Morgan fingerprint density at radius 2 is 2.07 bits per heavy atom. The van der Waals surface area contributed by atoms with E-state index < -0.39 is 6.04 Å². The molecule has 0 fully saturated rings. The first-order valence-corrected chi connectivity index (χ1v) is 10.7. The van der Waals surface area contributed by atoms with Gasteiger partial charge in [0.25, 0.3) is 0 Å². The molecule has 2 aromatic carbocycles. The maximum Gasteiger partial charge on any atom is 0.241 e. The fraction of sp³-hybridized carbons (Fsp3) is 0.409. The average molecular weight is 435 g/mol. The summed E-state index contributed by atoms with van der Waals surface area (Å²) in [6, 6.07) is 11.2. The number of likely N-dealkylation sites (N-methyl/N-ethyl adjacent to an activating group) is 1. The zero-order valence-corrected chi connectivity index (χ0v) is 18.1. The number of anilines is 1. The van der Waals surface area contributed by atoms with Gasteiger partial charge in [-0.15, -0.1) is 0 Å². The number of hydrogen-bond donors (Lipinski definition) is 3. The molecule has 2 atom stereocenters. The average Bonchev–Trinajstić information content (AvgIpc) is 2.68. The van der Waals surface area contributed by atoms with Crippen molar-refractivity contribution in [2.24, 2.45) is 11.5 Å². The van der Waals surface area contributed by atoms with E-state index in [0.717, 1.165) is 48.3 Å². The molecule has 0 radical (unpaired) electrons. The van der Waals surface area contributed by atoms with E-state index in [1.807, 2.05) is 24.3 Å². The number of nitrogens with one attached hydrogen (secondary N) is 1. The SMILES string of the molecule is CN1Cc2c(Cl)cc(Cl)cc2C(c2cccc(NC(=O)C(N)CCCCN)c2)C1. The minimum atomic E-state index is -0.538. The Balaban J connectivity index is 1.81. The summed E-state index contributed by atoms with van der Waals surface area (Å²) < 4.78 is 0. The molecule has 7 heteroatoms. The molecule has 1 aliphatic rings. The van der Waals surface area contributed by atoms with Crippen molar-refractivity contribution in [3.63, 3.8) is 0 Å². The summed E-state index contributed by atoms with van der Waals surface area (Å²) in [6.07, 6.45) is 2.34. The van der Waals surface area contributed by atoms with Crippen molar-refractivity contribution in [2.75, 3.05) is 25.5 Å². The highest BCUT2D eigenvalue weighted by Crippen LogP contribution is 2.38. The third-order valence-corrected chi connectivity index (χ3v) is 5.91. The lowest BCUT2D eigenvalue weighted by Crippen LogP contribution is -2.35. The van der Waals surface area contributed by atoms with Crippen molar-refractivity contribution in [2.45, 2.75) is 37.8 Å². The third kappa shape index (κ3) is 5.50. The van der Waals surface area contributed by atoms with E-state index in [-0.39, 0.29) is 11.8 Å². The molecule has 0 saturated carbocycles. The van der Waals surface area contributed by atoms with Gasteiger partial charge in [0.2, 0.25) is 5.91 Å². The normalized spacial score (nSPS) is 17.6. The number of rotatable bonds is 7. The Bertz CT molecular complexity index is 874. The highest BCUT2D eigenvalue weighted by Gasteiger charge is 2.27. The van der Waals surface area contributed by atoms with Crippen molar-refractivity contribution in [3.05, 3.63) is 63.1 Å². The molecule has 0 saturated heterocycles. The second kappa shape index (κ2) is 9.92. The van der Waals surface area contributed by atoms with E-state index in [0.29, 0.717) is 23.0 Å². The van der Waals surface area contributed by atoms with Crippen LogP contribution in [0.3, 0.4) is 0 Å². The Morgan fingerprint density at radius 1 is 1.28 bits per heavy atom. The standard InChI is InChI=1S/C22H28Cl2N4O/c1-28-12-18(17-10-15(23)11-20(24)19(17)13-28)14-5-4-6-16(9-14)27-22(29)21(26)7-2-3-8-25/h4-6,9-11,18,21H,2-3,7-8,12-13,25-26H2,1H3,(H,27,29). The molecule has 0 bridgehead atoms. The number of nitrogens with two attached hydrogens (primary N) is 2. The van der Waals surface area contributed by atoms with Gasteiger partial charge < -0.3 is 21.7 Å². The zero-order chi connectivity index (χ0) is 21.0. The van der Waals surface area contributed by atoms with E-state index in [1.165, 1.54) is 0 Å². The summed E-state index contributed by atoms with van der Waals surface area (Å²) in [7, 11) is 2.08. The van der Waals surface area contributed by atoms with Crippen LogP contribution < -0.4 is 16.8 Å². The number of amides is 1. The summed E-state index contributed by atoms with van der Waals surface area (Å²) in [5.41, 5.74) is 15.6. The van der Waals surface area contributed by atoms with E-state index in [1.54, 1.807) is 6.07 Å². The van der Waals surface area contributed by atoms with Crippen LogP contribution >= 0.6 is 23.2 Å². The predicted molar refractivity (Wildman–Crippen MR) is 121 cm³/mol. The zero-order valence-electron chi connectivity index (χ0n) is 16.6. The number of carbonyl (C=O) groups is 1. The van der Waals surface area contributed by atoms with Gasteiger partial charge in [0.1, 0.15) is 0 Å². The quantitative estimate of drug-likeness (QED) is 0.575. The van der Waals surface area contributed by atoms with Crippen molar-refractivity contribution >= 4 is 34.8 Å². The Kier molecular flexibility index (Phi) is 7.55. The van der Waals surface area contributed by atoms with Gasteiger partial charge in [0.15, 0.2) is 0 Å². The minimum absolute atomic E-state index is 0.120. The van der Waals surface area contributed by atoms with Crippen LogP contribution in [0.25, 0.3) is 0 Å². The summed E-state index contributed by atoms with van der Waals surface area (Å²) in [6.45, 7) is 2.25. The molecule has 1 aliphatic heterocycles. The van der Waals surface area contributed by atoms with Gasteiger partial charge >= 0.3 is 0 Å². The van der Waals surface area contributed by atoms with Crippen molar-refractivity contribution in [3.8, 4) is 0 Å². The van der Waals surface area contributed by atoms with E-state index in [4.69, 9.17) is 34.7 Å². The van der Waals surface area contributed by atoms with Gasteiger partial charge in [-0.3, -0.25) is 4.79 Å². The monoisotopic (exact) mass is 434 g/mol. The molecule has 3 rings (SSSR count). The fourth-order valence-electron chi connectivity index (χ4n) is 3.84. The number of benzene rings is 2. The van der Waals surface area contributed by atoms with Gasteiger partial charge in [-0.2, -0.15) is 0 Å². The van der Waals surface area contributed by atoms with Crippen LogP contribution in [0.2, 0.25) is 10.0 Å². The topological polar surface area (TPSA) is 84.4 Å². The smallest absolute Gasteiger partial charge is 0.241 e. The molecule has 5 N–H and O–H groups in total. The molecule has 29 heavy (non-hydrogen) atoms. The van der Waals surface area contributed by atoms with Crippen LogP contribution in [-0.4, -0.2) is 37.0 Å². The second-order valence-electron chi connectivity index (χ2n) is 7.71. The Labute approximate surface area is 182 Å².